The molecule has 1 radical (unpaired) electrons. The fraction of sp³-hybridized carbons (Fsp3) is 0. The molecular formula is C13H11N3Y-2. The van der Waals surface area contributed by atoms with Gasteiger partial charge in [-0.3, -0.25) is 4.98 Å². The first kappa shape index (κ1) is 14.0. The van der Waals surface area contributed by atoms with E-state index in [4.69, 9.17) is 0 Å². The van der Waals surface area contributed by atoms with E-state index in [0.717, 1.165) is 16.9 Å². The zero-order chi connectivity index (χ0) is 10.1. The molecule has 0 bridgehead atoms. The van der Waals surface area contributed by atoms with E-state index in [9.17, 15) is 0 Å². The van der Waals surface area contributed by atoms with Gasteiger partial charge >= 0.3 is 0 Å². The number of nitrogens with zero attached hydrogens (tertiary/aromatic N) is 3. The second-order valence-electron chi connectivity index (χ2n) is 3.24. The van der Waals surface area contributed by atoms with Crippen molar-refractivity contribution >= 4 is 5.65 Å². The number of fused-ring (bicyclic) bond motifs is 1. The van der Waals surface area contributed by atoms with Crippen molar-refractivity contribution in [3.05, 3.63) is 62.5 Å². The average molecular weight is 298 g/mol. The van der Waals surface area contributed by atoms with Crippen LogP contribution in [0, 0.1) is 13.5 Å². The van der Waals surface area contributed by atoms with Crippen LogP contribution in [0.5, 0.6) is 0 Å². The van der Waals surface area contributed by atoms with E-state index in [1.807, 2.05) is 41.1 Å². The molecule has 3 nitrogen and oxygen atoms in total. The van der Waals surface area contributed by atoms with Crippen molar-refractivity contribution in [3.8, 4) is 11.3 Å². The third-order valence-corrected chi connectivity index (χ3v) is 2.32. The summed E-state index contributed by atoms with van der Waals surface area (Å²) < 4.78 is 2.01. The van der Waals surface area contributed by atoms with Crippen molar-refractivity contribution in [2.75, 3.05) is 0 Å². The predicted octanol–water partition coefficient (Wildman–Crippen LogP) is 2.64. The Bertz CT molecular complexity index is 590. The molecule has 0 amide bonds. The van der Waals surface area contributed by atoms with E-state index in [2.05, 4.69) is 16.0 Å². The van der Waals surface area contributed by atoms with Gasteiger partial charge in [0, 0.05) is 57.0 Å². The van der Waals surface area contributed by atoms with Crippen LogP contribution in [0.4, 0.5) is 0 Å². The van der Waals surface area contributed by atoms with Crippen LogP contribution >= 0.6 is 0 Å². The van der Waals surface area contributed by atoms with Crippen molar-refractivity contribution in [3.63, 3.8) is 0 Å². The van der Waals surface area contributed by atoms with Crippen LogP contribution in [0.1, 0.15) is 0 Å². The quantitative estimate of drug-likeness (QED) is 0.647. The molecule has 0 atom stereocenters. The topological polar surface area (TPSA) is 30.2 Å². The molecule has 2 heterocycles. The van der Waals surface area contributed by atoms with Gasteiger partial charge in [-0.25, -0.2) is 4.98 Å². The number of aromatic nitrogens is 3. The van der Waals surface area contributed by atoms with Gasteiger partial charge in [-0.2, -0.15) is 30.3 Å². The molecule has 0 N–H and O–H groups in total. The molecule has 0 saturated carbocycles. The molecular weight excluding hydrogens is 287 g/mol. The maximum Gasteiger partial charge on any atom is 0.154 e. The second kappa shape index (κ2) is 6.03. The molecule has 83 valence electrons. The number of benzene rings is 1. The minimum absolute atomic E-state index is 0. The van der Waals surface area contributed by atoms with Gasteiger partial charge in [0.2, 0.25) is 0 Å². The Morgan fingerprint density at radius 2 is 2.12 bits per heavy atom. The van der Waals surface area contributed by atoms with Gasteiger partial charge in [-0.05, 0) is 0 Å². The molecule has 0 saturated heterocycles. The number of imidazole rings is 1. The van der Waals surface area contributed by atoms with Gasteiger partial charge in [-0.1, -0.05) is 0 Å². The normalized spacial score (nSPS) is 9.41. The standard InChI is InChI=1S/C12H8N3.CH3.Y/c1-2-4-10(5-3-1)11-8-14-12-9-13-6-7-15(11)12;;/h1-2,4-9H;1H3;/q2*-1;. The molecule has 1 aromatic carbocycles. The minimum Gasteiger partial charge on any atom is -0.358 e. The summed E-state index contributed by atoms with van der Waals surface area (Å²) in [5.74, 6) is 0. The summed E-state index contributed by atoms with van der Waals surface area (Å²) in [6.07, 6.45) is 7.26. The minimum atomic E-state index is 0. The average Bonchev–Trinajstić information content (AvgIpc) is 2.74. The fourth-order valence-corrected chi connectivity index (χ4v) is 1.61. The van der Waals surface area contributed by atoms with Gasteiger partial charge < -0.3 is 11.8 Å². The Morgan fingerprint density at radius 1 is 1.24 bits per heavy atom. The van der Waals surface area contributed by atoms with Crippen LogP contribution in [0.3, 0.4) is 0 Å². The van der Waals surface area contributed by atoms with Crippen molar-refractivity contribution in [2.45, 2.75) is 0 Å². The summed E-state index contributed by atoms with van der Waals surface area (Å²) in [7, 11) is 0. The molecule has 0 unspecified atom stereocenters. The summed E-state index contributed by atoms with van der Waals surface area (Å²) in [5, 5.41) is 0. The summed E-state index contributed by atoms with van der Waals surface area (Å²) in [4.78, 5) is 8.31. The Hall–Kier alpha value is -1.06. The Labute approximate surface area is 126 Å². The van der Waals surface area contributed by atoms with Crippen LogP contribution in [-0.2, 0) is 32.7 Å². The summed E-state index contributed by atoms with van der Waals surface area (Å²) in [5.41, 5.74) is 3.02. The van der Waals surface area contributed by atoms with Crippen molar-refractivity contribution in [1.29, 1.82) is 0 Å². The number of rotatable bonds is 1. The molecule has 2 aromatic heterocycles. The number of hydrogen-bond donors (Lipinski definition) is 0. The fourth-order valence-electron chi connectivity index (χ4n) is 1.61. The van der Waals surface area contributed by atoms with Crippen LogP contribution in [0.25, 0.3) is 16.9 Å². The summed E-state index contributed by atoms with van der Waals surface area (Å²) in [6, 6.07) is 10.9. The molecule has 0 aliphatic rings. The van der Waals surface area contributed by atoms with Crippen molar-refractivity contribution in [2.24, 2.45) is 0 Å². The van der Waals surface area contributed by atoms with Gasteiger partial charge in [0.25, 0.3) is 0 Å². The SMILES string of the molecule is [CH3-].[Y].[c-]1cccc(-c2cnc3cnccn23)c1. The Kier molecular flexibility index (Phi) is 4.97. The van der Waals surface area contributed by atoms with Gasteiger partial charge in [0.1, 0.15) is 0 Å². The van der Waals surface area contributed by atoms with E-state index >= 15 is 0 Å². The third-order valence-electron chi connectivity index (χ3n) is 2.32. The van der Waals surface area contributed by atoms with Crippen LogP contribution in [-0.4, -0.2) is 14.4 Å². The molecule has 3 rings (SSSR count). The van der Waals surface area contributed by atoms with Crippen LogP contribution < -0.4 is 0 Å². The van der Waals surface area contributed by atoms with Gasteiger partial charge in [0.05, 0.1) is 6.20 Å². The first-order valence-electron chi connectivity index (χ1n) is 4.69. The first-order chi connectivity index (χ1) is 7.45. The number of hydrogen-bond acceptors (Lipinski definition) is 2. The van der Waals surface area contributed by atoms with E-state index < -0.39 is 0 Å². The molecule has 17 heavy (non-hydrogen) atoms. The maximum atomic E-state index is 4.28. The predicted molar refractivity (Wildman–Crippen MR) is 63.7 cm³/mol. The van der Waals surface area contributed by atoms with Crippen molar-refractivity contribution < 1.29 is 32.7 Å². The Morgan fingerprint density at radius 3 is 2.88 bits per heavy atom. The van der Waals surface area contributed by atoms with E-state index in [1.54, 1.807) is 12.4 Å². The zero-order valence-corrected chi connectivity index (χ0v) is 12.4. The van der Waals surface area contributed by atoms with Crippen LogP contribution in [0.15, 0.2) is 49.1 Å². The Balaban J connectivity index is 0.000000722. The molecule has 0 fully saturated rings. The maximum absolute atomic E-state index is 4.28. The zero-order valence-electron chi connectivity index (χ0n) is 9.54. The first-order valence-corrected chi connectivity index (χ1v) is 4.69. The summed E-state index contributed by atoms with van der Waals surface area (Å²) >= 11 is 0. The summed E-state index contributed by atoms with van der Waals surface area (Å²) in [6.45, 7) is 0. The molecule has 4 heteroatoms. The smallest absolute Gasteiger partial charge is 0.154 e. The molecule has 0 aliphatic carbocycles. The van der Waals surface area contributed by atoms with E-state index in [0.29, 0.717) is 0 Å². The molecule has 0 aliphatic heterocycles. The van der Waals surface area contributed by atoms with Gasteiger partial charge in [0.15, 0.2) is 5.65 Å². The molecule has 3 aromatic rings. The largest absolute Gasteiger partial charge is 0.358 e. The monoisotopic (exact) mass is 298 g/mol. The van der Waals surface area contributed by atoms with Crippen LogP contribution in [0.2, 0.25) is 0 Å². The van der Waals surface area contributed by atoms with Gasteiger partial charge in [-0.15, -0.1) is 5.56 Å². The third kappa shape index (κ3) is 2.61. The van der Waals surface area contributed by atoms with E-state index in [1.165, 1.54) is 0 Å². The second-order valence-corrected chi connectivity index (χ2v) is 3.24. The van der Waals surface area contributed by atoms with E-state index in [-0.39, 0.29) is 40.1 Å². The van der Waals surface area contributed by atoms with Crippen molar-refractivity contribution in [1.82, 2.24) is 14.4 Å². The molecule has 0 spiro atoms.